The molecule has 84 valence electrons. The van der Waals surface area contributed by atoms with Gasteiger partial charge in [0.05, 0.1) is 6.61 Å². The number of benzene rings is 1. The molecule has 2 bridgehead atoms. The highest BCUT2D eigenvalue weighted by Crippen LogP contribution is 2.49. The van der Waals surface area contributed by atoms with Gasteiger partial charge in [-0.2, -0.15) is 0 Å². The van der Waals surface area contributed by atoms with E-state index in [0.29, 0.717) is 12.6 Å². The minimum absolute atomic E-state index is 0.123. The number of nitrogens with one attached hydrogen (secondary N) is 1. The molecule has 3 nitrogen and oxygen atoms in total. The lowest BCUT2D eigenvalue weighted by atomic mass is 9.82. The van der Waals surface area contributed by atoms with Crippen LogP contribution in [-0.2, 0) is 15.1 Å². The van der Waals surface area contributed by atoms with Gasteiger partial charge in [-0.25, -0.2) is 4.79 Å². The quantitative estimate of drug-likeness (QED) is 0.769. The van der Waals surface area contributed by atoms with Crippen molar-refractivity contribution < 1.29 is 9.53 Å². The van der Waals surface area contributed by atoms with Crippen molar-refractivity contribution in [1.29, 1.82) is 0 Å². The predicted molar refractivity (Wildman–Crippen MR) is 59.9 cm³/mol. The lowest BCUT2D eigenvalue weighted by Crippen LogP contribution is -2.42. The van der Waals surface area contributed by atoms with Gasteiger partial charge in [0.2, 0.25) is 0 Å². The first-order valence-electron chi connectivity index (χ1n) is 5.82. The summed E-state index contributed by atoms with van der Waals surface area (Å²) in [6, 6.07) is 8.49. The van der Waals surface area contributed by atoms with Crippen molar-refractivity contribution in [3.63, 3.8) is 0 Å². The molecule has 1 N–H and O–H groups in total. The Morgan fingerprint density at radius 1 is 1.56 bits per heavy atom. The van der Waals surface area contributed by atoms with Crippen LogP contribution in [0.2, 0.25) is 0 Å². The molecule has 0 amide bonds. The highest BCUT2D eigenvalue weighted by atomic mass is 16.5. The van der Waals surface area contributed by atoms with E-state index in [-0.39, 0.29) is 5.97 Å². The fourth-order valence-corrected chi connectivity index (χ4v) is 2.96. The Bertz CT molecular complexity index is 443. The molecule has 16 heavy (non-hydrogen) atoms. The predicted octanol–water partition coefficient (Wildman–Crippen LogP) is 1.88. The van der Waals surface area contributed by atoms with Crippen LogP contribution in [0.5, 0.6) is 0 Å². The fraction of sp³-hybridized carbons (Fsp3) is 0.462. The number of hydrogen-bond donors (Lipinski definition) is 1. The zero-order valence-corrected chi connectivity index (χ0v) is 9.32. The summed E-state index contributed by atoms with van der Waals surface area (Å²) in [5.41, 5.74) is 1.82. The number of esters is 1. The van der Waals surface area contributed by atoms with Crippen LogP contribution in [-0.4, -0.2) is 12.6 Å². The van der Waals surface area contributed by atoms with Crippen LogP contribution in [0.3, 0.4) is 0 Å². The van der Waals surface area contributed by atoms with Gasteiger partial charge in [0.1, 0.15) is 5.54 Å². The van der Waals surface area contributed by atoms with E-state index in [2.05, 4.69) is 11.4 Å². The summed E-state index contributed by atoms with van der Waals surface area (Å²) in [5.74, 6) is -0.123. The Labute approximate surface area is 94.8 Å². The molecule has 0 aromatic heterocycles. The molecule has 1 aromatic carbocycles. The zero-order valence-electron chi connectivity index (χ0n) is 9.32. The van der Waals surface area contributed by atoms with Crippen LogP contribution in [0, 0.1) is 0 Å². The molecular weight excluding hydrogens is 202 g/mol. The van der Waals surface area contributed by atoms with Crippen molar-refractivity contribution in [1.82, 2.24) is 5.32 Å². The van der Waals surface area contributed by atoms with Crippen LogP contribution >= 0.6 is 0 Å². The Morgan fingerprint density at radius 2 is 2.38 bits per heavy atom. The van der Waals surface area contributed by atoms with Crippen LogP contribution < -0.4 is 5.32 Å². The normalized spacial score (nSPS) is 30.2. The average molecular weight is 217 g/mol. The maximum absolute atomic E-state index is 12.1. The van der Waals surface area contributed by atoms with Crippen molar-refractivity contribution in [2.24, 2.45) is 0 Å². The maximum Gasteiger partial charge on any atom is 0.331 e. The molecule has 1 aromatic rings. The minimum atomic E-state index is -0.558. The van der Waals surface area contributed by atoms with E-state index < -0.39 is 5.54 Å². The lowest BCUT2D eigenvalue weighted by molar-refractivity contribution is -0.150. The number of hydrogen-bond acceptors (Lipinski definition) is 3. The van der Waals surface area contributed by atoms with Gasteiger partial charge in [0.25, 0.3) is 0 Å². The molecule has 3 rings (SSSR count). The molecule has 0 saturated carbocycles. The van der Waals surface area contributed by atoms with Crippen LogP contribution in [0.15, 0.2) is 24.3 Å². The standard InChI is InChI=1S/C13H15NO2/c1-2-16-12(15)13-8-7-11(14-13)9-5-3-4-6-10(9)13/h3-6,11,14H,2,7-8H2,1H3. The summed E-state index contributed by atoms with van der Waals surface area (Å²) < 4.78 is 5.20. The van der Waals surface area contributed by atoms with Gasteiger partial charge in [0.15, 0.2) is 0 Å². The molecular formula is C13H15NO2. The maximum atomic E-state index is 12.1. The number of fused-ring (bicyclic) bond motifs is 5. The van der Waals surface area contributed by atoms with E-state index in [0.717, 1.165) is 18.4 Å². The first-order chi connectivity index (χ1) is 7.78. The van der Waals surface area contributed by atoms with Crippen LogP contribution in [0.4, 0.5) is 0 Å². The van der Waals surface area contributed by atoms with Gasteiger partial charge >= 0.3 is 5.97 Å². The summed E-state index contributed by atoms with van der Waals surface area (Å²) in [6.07, 6.45) is 1.88. The highest BCUT2D eigenvalue weighted by Gasteiger charge is 2.54. The van der Waals surface area contributed by atoms with E-state index in [9.17, 15) is 4.79 Å². The summed E-state index contributed by atoms with van der Waals surface area (Å²) in [4.78, 5) is 12.1. The lowest BCUT2D eigenvalue weighted by Gasteiger charge is -2.25. The van der Waals surface area contributed by atoms with E-state index in [1.807, 2.05) is 25.1 Å². The molecule has 1 fully saturated rings. The Hall–Kier alpha value is -1.35. The largest absolute Gasteiger partial charge is 0.464 e. The summed E-state index contributed by atoms with van der Waals surface area (Å²) in [5, 5.41) is 3.42. The molecule has 0 radical (unpaired) electrons. The van der Waals surface area contributed by atoms with E-state index in [4.69, 9.17) is 4.74 Å². The minimum Gasteiger partial charge on any atom is -0.464 e. The number of carbonyl (C=O) groups is 1. The zero-order chi connectivity index (χ0) is 11.2. The molecule has 0 spiro atoms. The van der Waals surface area contributed by atoms with E-state index in [1.54, 1.807) is 0 Å². The molecule has 2 heterocycles. The van der Waals surface area contributed by atoms with Gasteiger partial charge in [-0.05, 0) is 30.9 Å². The van der Waals surface area contributed by atoms with Gasteiger partial charge < -0.3 is 4.74 Å². The second-order valence-electron chi connectivity index (χ2n) is 4.45. The number of carbonyl (C=O) groups excluding carboxylic acids is 1. The summed E-state index contributed by atoms with van der Waals surface area (Å²) in [7, 11) is 0. The number of ether oxygens (including phenoxy) is 1. The third kappa shape index (κ3) is 1.09. The molecule has 2 unspecified atom stereocenters. The first kappa shape index (κ1) is 9.85. The molecule has 1 saturated heterocycles. The summed E-state index contributed by atoms with van der Waals surface area (Å²) in [6.45, 7) is 2.29. The Morgan fingerprint density at radius 3 is 3.19 bits per heavy atom. The van der Waals surface area contributed by atoms with Gasteiger partial charge in [-0.15, -0.1) is 0 Å². The second-order valence-corrected chi connectivity index (χ2v) is 4.45. The van der Waals surface area contributed by atoms with Crippen LogP contribution in [0.25, 0.3) is 0 Å². The number of rotatable bonds is 2. The Kier molecular flexibility index (Phi) is 2.04. The third-order valence-corrected chi connectivity index (χ3v) is 3.65. The molecule has 2 aliphatic rings. The highest BCUT2D eigenvalue weighted by molar-refractivity contribution is 5.85. The van der Waals surface area contributed by atoms with Crippen molar-refractivity contribution in [2.45, 2.75) is 31.3 Å². The van der Waals surface area contributed by atoms with E-state index in [1.165, 1.54) is 5.56 Å². The topological polar surface area (TPSA) is 38.3 Å². The van der Waals surface area contributed by atoms with Crippen molar-refractivity contribution in [3.8, 4) is 0 Å². The van der Waals surface area contributed by atoms with Crippen molar-refractivity contribution in [2.75, 3.05) is 6.61 Å². The molecule has 0 aliphatic carbocycles. The SMILES string of the molecule is CCOC(=O)C12CCC(N1)c1ccccc12. The first-order valence-corrected chi connectivity index (χ1v) is 5.82. The fourth-order valence-electron chi connectivity index (χ4n) is 2.96. The monoisotopic (exact) mass is 217 g/mol. The van der Waals surface area contributed by atoms with E-state index >= 15 is 0 Å². The second kappa shape index (κ2) is 3.32. The smallest absolute Gasteiger partial charge is 0.331 e. The molecule has 2 atom stereocenters. The van der Waals surface area contributed by atoms with Crippen LogP contribution in [0.1, 0.15) is 36.9 Å². The van der Waals surface area contributed by atoms with Gasteiger partial charge in [0, 0.05) is 6.04 Å². The van der Waals surface area contributed by atoms with Crippen molar-refractivity contribution in [3.05, 3.63) is 35.4 Å². The third-order valence-electron chi connectivity index (χ3n) is 3.65. The van der Waals surface area contributed by atoms with Gasteiger partial charge in [-0.1, -0.05) is 24.3 Å². The molecule has 2 aliphatic heterocycles. The summed E-state index contributed by atoms with van der Waals surface area (Å²) >= 11 is 0. The average Bonchev–Trinajstić information content (AvgIpc) is 2.88. The van der Waals surface area contributed by atoms with Crippen molar-refractivity contribution >= 4 is 5.97 Å². The molecule has 3 heteroatoms. The van der Waals surface area contributed by atoms with Gasteiger partial charge in [-0.3, -0.25) is 5.32 Å². The Balaban J connectivity index is 2.07.